The van der Waals surface area contributed by atoms with Crippen molar-refractivity contribution >= 4 is 29.7 Å². The van der Waals surface area contributed by atoms with Gasteiger partial charge in [-0.05, 0) is 19.3 Å². The first kappa shape index (κ1) is 24.3. The van der Waals surface area contributed by atoms with Crippen molar-refractivity contribution in [3.05, 3.63) is 0 Å². The van der Waals surface area contributed by atoms with Crippen molar-refractivity contribution in [3.8, 4) is 0 Å². The normalized spacial score (nSPS) is 19.1. The maximum Gasteiger partial charge on any atom is 0.326 e. The fourth-order valence-corrected chi connectivity index (χ4v) is 2.83. The molecule has 1 aliphatic heterocycles. The van der Waals surface area contributed by atoms with Gasteiger partial charge in [0.05, 0.1) is 19.3 Å². The third-order valence-electron chi connectivity index (χ3n) is 4.44. The van der Waals surface area contributed by atoms with Crippen LogP contribution in [0, 0.1) is 0 Å². The van der Waals surface area contributed by atoms with Crippen LogP contribution in [0.25, 0.3) is 0 Å². The smallest absolute Gasteiger partial charge is 0.326 e. The number of nitrogens with one attached hydrogen (secondary N) is 2. The van der Waals surface area contributed by atoms with E-state index in [0.29, 0.717) is 6.42 Å². The molecule has 0 aliphatic carbocycles. The number of carbonyl (C=O) groups is 5. The molecule has 8 N–H and O–H groups in total. The van der Waals surface area contributed by atoms with E-state index in [-0.39, 0.29) is 25.8 Å². The van der Waals surface area contributed by atoms with Crippen LogP contribution in [0.2, 0.25) is 0 Å². The van der Waals surface area contributed by atoms with Crippen molar-refractivity contribution in [2.24, 2.45) is 5.73 Å². The fourth-order valence-electron chi connectivity index (χ4n) is 2.83. The Bertz CT molecular complexity index is 642. The van der Waals surface area contributed by atoms with Gasteiger partial charge < -0.3 is 41.7 Å². The average Bonchev–Trinajstić information content (AvgIpc) is 3.17. The minimum atomic E-state index is -1.51. The van der Waals surface area contributed by atoms with Gasteiger partial charge in [0.15, 0.2) is 0 Å². The van der Waals surface area contributed by atoms with E-state index in [1.165, 1.54) is 0 Å². The Morgan fingerprint density at radius 3 is 2.10 bits per heavy atom. The molecular weight excluding hydrogens is 392 g/mol. The van der Waals surface area contributed by atoms with E-state index in [1.54, 1.807) is 0 Å². The first-order chi connectivity index (χ1) is 13.6. The van der Waals surface area contributed by atoms with Gasteiger partial charge in [0.1, 0.15) is 18.1 Å². The van der Waals surface area contributed by atoms with Gasteiger partial charge >= 0.3 is 11.9 Å². The van der Waals surface area contributed by atoms with Gasteiger partial charge in [-0.2, -0.15) is 0 Å². The summed E-state index contributed by atoms with van der Waals surface area (Å²) in [6.07, 6.45) is 0.144. The van der Waals surface area contributed by atoms with Gasteiger partial charge in [0.2, 0.25) is 17.7 Å². The summed E-state index contributed by atoms with van der Waals surface area (Å²) in [5.41, 5.74) is 5.53. The Hall–Kier alpha value is -2.77. The Labute approximate surface area is 165 Å². The molecule has 164 valence electrons. The first-order valence-electron chi connectivity index (χ1n) is 8.95. The third-order valence-corrected chi connectivity index (χ3v) is 4.44. The molecule has 4 unspecified atom stereocenters. The van der Waals surface area contributed by atoms with Gasteiger partial charge in [-0.3, -0.25) is 19.2 Å². The monoisotopic (exact) mass is 418 g/mol. The minimum absolute atomic E-state index is 0.154. The highest BCUT2D eigenvalue weighted by molar-refractivity contribution is 5.94. The van der Waals surface area contributed by atoms with Crippen molar-refractivity contribution in [1.29, 1.82) is 0 Å². The van der Waals surface area contributed by atoms with Crippen LogP contribution in [0.15, 0.2) is 0 Å². The summed E-state index contributed by atoms with van der Waals surface area (Å²) in [6, 6.07) is -5.26. The molecule has 0 aromatic carbocycles. The lowest BCUT2D eigenvalue weighted by atomic mass is 10.1. The summed E-state index contributed by atoms with van der Waals surface area (Å²) in [4.78, 5) is 59.5. The largest absolute Gasteiger partial charge is 0.481 e. The second-order valence-electron chi connectivity index (χ2n) is 6.55. The molecule has 0 saturated carbocycles. The molecule has 1 fully saturated rings. The number of carboxylic acids is 2. The molecule has 0 aromatic rings. The summed E-state index contributed by atoms with van der Waals surface area (Å²) in [5, 5.41) is 40.8. The van der Waals surface area contributed by atoms with E-state index in [0.717, 1.165) is 4.90 Å². The lowest BCUT2D eigenvalue weighted by Gasteiger charge is -2.27. The average molecular weight is 418 g/mol. The Kier molecular flexibility index (Phi) is 9.44. The number of likely N-dealkylation sites (tertiary alicyclic amines) is 1. The molecule has 1 rings (SSSR count). The molecule has 29 heavy (non-hydrogen) atoms. The van der Waals surface area contributed by atoms with Gasteiger partial charge in [0.25, 0.3) is 0 Å². The highest BCUT2D eigenvalue weighted by Gasteiger charge is 2.38. The maximum absolute atomic E-state index is 12.5. The van der Waals surface area contributed by atoms with Crippen molar-refractivity contribution in [1.82, 2.24) is 15.5 Å². The summed E-state index contributed by atoms with van der Waals surface area (Å²) >= 11 is 0. The van der Waals surface area contributed by atoms with E-state index < -0.39 is 67.0 Å². The predicted octanol–water partition coefficient (Wildman–Crippen LogP) is -3.79. The maximum atomic E-state index is 12.5. The molecule has 4 atom stereocenters. The van der Waals surface area contributed by atoms with Crippen LogP contribution < -0.4 is 16.4 Å². The zero-order chi connectivity index (χ0) is 22.1. The van der Waals surface area contributed by atoms with Crippen LogP contribution in [0.3, 0.4) is 0 Å². The minimum Gasteiger partial charge on any atom is -0.481 e. The number of amides is 3. The topological polar surface area (TPSA) is 220 Å². The number of rotatable bonds is 11. The van der Waals surface area contributed by atoms with Crippen molar-refractivity contribution in [2.75, 3.05) is 19.8 Å². The van der Waals surface area contributed by atoms with E-state index in [2.05, 4.69) is 10.6 Å². The Morgan fingerprint density at radius 1 is 1.00 bits per heavy atom. The number of carboxylic acid groups (broad SMARTS) is 2. The number of nitrogens with two attached hydrogens (primary N) is 1. The lowest BCUT2D eigenvalue weighted by molar-refractivity contribution is -0.150. The molecule has 3 amide bonds. The van der Waals surface area contributed by atoms with Crippen LogP contribution in [-0.2, 0) is 24.0 Å². The van der Waals surface area contributed by atoms with Gasteiger partial charge in [-0.1, -0.05) is 0 Å². The SMILES string of the molecule is NC(CCC(=O)O)C(=O)NC(CO)C(=O)NC(CO)C(=O)N1CCCC1C(=O)O. The van der Waals surface area contributed by atoms with E-state index in [9.17, 15) is 34.2 Å². The van der Waals surface area contributed by atoms with E-state index in [4.69, 9.17) is 15.9 Å². The standard InChI is InChI=1S/C16H26N4O9/c17-8(3-4-12(23)24)13(25)18-9(6-21)14(26)19-10(7-22)15(27)20-5-1-2-11(20)16(28)29/h8-11,21-22H,1-7,17H2,(H,18,25)(H,19,26)(H,23,24)(H,28,29). The molecular formula is C16H26N4O9. The number of aliphatic hydroxyl groups is 2. The first-order valence-corrected chi connectivity index (χ1v) is 8.95. The number of aliphatic hydroxyl groups excluding tert-OH is 2. The predicted molar refractivity (Wildman–Crippen MR) is 95.2 cm³/mol. The van der Waals surface area contributed by atoms with Gasteiger partial charge in [-0.15, -0.1) is 0 Å². The molecule has 0 bridgehead atoms. The summed E-state index contributed by atoms with van der Waals surface area (Å²) in [7, 11) is 0. The van der Waals surface area contributed by atoms with Crippen LogP contribution in [0.5, 0.6) is 0 Å². The van der Waals surface area contributed by atoms with Crippen LogP contribution in [-0.4, -0.2) is 98.9 Å². The van der Waals surface area contributed by atoms with Gasteiger partial charge in [-0.25, -0.2) is 4.79 Å². The lowest BCUT2D eigenvalue weighted by Crippen LogP contribution is -2.59. The molecule has 13 nitrogen and oxygen atoms in total. The second-order valence-corrected chi connectivity index (χ2v) is 6.55. The zero-order valence-electron chi connectivity index (χ0n) is 15.6. The summed E-state index contributed by atoms with van der Waals surface area (Å²) in [6.45, 7) is -1.52. The fraction of sp³-hybridized carbons (Fsp3) is 0.688. The molecule has 1 aliphatic rings. The molecule has 1 heterocycles. The zero-order valence-corrected chi connectivity index (χ0v) is 15.6. The number of hydrogen-bond acceptors (Lipinski definition) is 8. The van der Waals surface area contributed by atoms with Crippen molar-refractivity contribution in [2.45, 2.75) is 49.9 Å². The van der Waals surface area contributed by atoms with Crippen LogP contribution in [0.1, 0.15) is 25.7 Å². The molecule has 0 radical (unpaired) electrons. The molecule has 0 spiro atoms. The Morgan fingerprint density at radius 2 is 1.59 bits per heavy atom. The van der Waals surface area contributed by atoms with Crippen molar-refractivity contribution in [3.63, 3.8) is 0 Å². The number of aliphatic carboxylic acids is 2. The number of carbonyl (C=O) groups excluding carboxylic acids is 3. The number of hydrogen-bond donors (Lipinski definition) is 7. The quantitative estimate of drug-likeness (QED) is 0.173. The molecule has 1 saturated heterocycles. The Balaban J connectivity index is 2.71. The number of nitrogens with zero attached hydrogens (tertiary/aromatic N) is 1. The molecule has 13 heteroatoms. The highest BCUT2D eigenvalue weighted by atomic mass is 16.4. The van der Waals surface area contributed by atoms with E-state index >= 15 is 0 Å². The molecule has 0 aromatic heterocycles. The second kappa shape index (κ2) is 11.3. The van der Waals surface area contributed by atoms with E-state index in [1.807, 2.05) is 0 Å². The summed E-state index contributed by atoms with van der Waals surface area (Å²) < 4.78 is 0. The highest BCUT2D eigenvalue weighted by Crippen LogP contribution is 2.18. The third kappa shape index (κ3) is 6.96. The van der Waals surface area contributed by atoms with Crippen LogP contribution >= 0.6 is 0 Å². The van der Waals surface area contributed by atoms with Crippen LogP contribution in [0.4, 0.5) is 0 Å². The van der Waals surface area contributed by atoms with Crippen molar-refractivity contribution < 1.29 is 44.4 Å². The van der Waals surface area contributed by atoms with Gasteiger partial charge in [0, 0.05) is 13.0 Å². The summed E-state index contributed by atoms with van der Waals surface area (Å²) in [5.74, 6) is -5.03.